The van der Waals surface area contributed by atoms with Crippen molar-refractivity contribution in [2.75, 3.05) is 13.1 Å². The van der Waals surface area contributed by atoms with Crippen molar-refractivity contribution in [3.63, 3.8) is 0 Å². The van der Waals surface area contributed by atoms with Gasteiger partial charge in [0.2, 0.25) is 0 Å². The maximum atomic E-state index is 12.4. The third-order valence-electron chi connectivity index (χ3n) is 4.39. The Balaban J connectivity index is 2.04. The molecule has 116 valence electrons. The summed E-state index contributed by atoms with van der Waals surface area (Å²) in [6.07, 6.45) is 8.20. The van der Waals surface area contributed by atoms with Crippen LogP contribution in [0.25, 0.3) is 0 Å². The number of rotatable bonds is 5. The van der Waals surface area contributed by atoms with Gasteiger partial charge in [0.25, 0.3) is 10.2 Å². The Kier molecular flexibility index (Phi) is 5.40. The summed E-state index contributed by atoms with van der Waals surface area (Å²) < 4.78 is 29.0. The molecule has 4 N–H and O–H groups in total. The fourth-order valence-corrected chi connectivity index (χ4v) is 4.75. The number of nitrogens with one attached hydrogen (secondary N) is 2. The molecule has 1 saturated carbocycles. The first-order valence-electron chi connectivity index (χ1n) is 7.62. The Labute approximate surface area is 121 Å². The molecular formula is C13H26N4O2S. The van der Waals surface area contributed by atoms with Crippen molar-refractivity contribution in [3.8, 4) is 0 Å². The first-order valence-corrected chi connectivity index (χ1v) is 9.06. The standard InChI is InChI=1S/C13H26N4O2S/c14-13(15)12(11-7-3-1-4-8-11)16-20(18,19)17-9-5-2-6-10-17/h11-12,16H,1-10H2,(H3,14,15). The molecule has 0 radical (unpaired) electrons. The van der Waals surface area contributed by atoms with Crippen molar-refractivity contribution in [2.45, 2.75) is 57.4 Å². The van der Waals surface area contributed by atoms with Gasteiger partial charge in [-0.1, -0.05) is 25.7 Å². The largest absolute Gasteiger partial charge is 0.386 e. The topological polar surface area (TPSA) is 99.3 Å². The van der Waals surface area contributed by atoms with Gasteiger partial charge < -0.3 is 5.73 Å². The summed E-state index contributed by atoms with van der Waals surface area (Å²) in [5.41, 5.74) is 5.64. The summed E-state index contributed by atoms with van der Waals surface area (Å²) >= 11 is 0. The van der Waals surface area contributed by atoms with E-state index in [-0.39, 0.29) is 11.8 Å². The highest BCUT2D eigenvalue weighted by atomic mass is 32.2. The molecule has 2 aliphatic rings. The van der Waals surface area contributed by atoms with Gasteiger partial charge in [-0.05, 0) is 31.6 Å². The van der Waals surface area contributed by atoms with E-state index in [9.17, 15) is 8.42 Å². The summed E-state index contributed by atoms with van der Waals surface area (Å²) in [6.45, 7) is 1.15. The first-order chi connectivity index (χ1) is 9.50. The molecule has 0 amide bonds. The van der Waals surface area contributed by atoms with Crippen molar-refractivity contribution in [1.29, 1.82) is 5.41 Å². The van der Waals surface area contributed by atoms with Gasteiger partial charge in [-0.3, -0.25) is 5.41 Å². The van der Waals surface area contributed by atoms with Crippen LogP contribution in [0.2, 0.25) is 0 Å². The van der Waals surface area contributed by atoms with Crippen molar-refractivity contribution < 1.29 is 8.42 Å². The minimum Gasteiger partial charge on any atom is -0.386 e. The molecule has 7 heteroatoms. The van der Waals surface area contributed by atoms with Gasteiger partial charge in [-0.15, -0.1) is 0 Å². The quantitative estimate of drug-likeness (QED) is 0.525. The fourth-order valence-electron chi connectivity index (χ4n) is 3.22. The molecule has 2 rings (SSSR count). The van der Waals surface area contributed by atoms with Crippen LogP contribution < -0.4 is 10.5 Å². The lowest BCUT2D eigenvalue weighted by Crippen LogP contribution is -2.54. The Morgan fingerprint density at radius 2 is 1.65 bits per heavy atom. The molecule has 1 aliphatic carbocycles. The second-order valence-corrected chi connectivity index (χ2v) is 7.62. The van der Waals surface area contributed by atoms with Gasteiger partial charge in [0.05, 0.1) is 6.04 Å². The molecule has 2 fully saturated rings. The summed E-state index contributed by atoms with van der Waals surface area (Å²) in [5, 5.41) is 7.71. The number of amidine groups is 1. The second-order valence-electron chi connectivity index (χ2n) is 5.91. The molecule has 0 bridgehead atoms. The number of hydrogen-bond donors (Lipinski definition) is 3. The molecule has 1 saturated heterocycles. The van der Waals surface area contributed by atoms with Crippen LogP contribution in [0.3, 0.4) is 0 Å². The predicted octanol–water partition coefficient (Wildman–Crippen LogP) is 1.19. The van der Waals surface area contributed by atoms with Crippen molar-refractivity contribution in [1.82, 2.24) is 9.03 Å². The highest BCUT2D eigenvalue weighted by Gasteiger charge is 2.32. The molecule has 1 atom stereocenters. The lowest BCUT2D eigenvalue weighted by atomic mass is 9.84. The third-order valence-corrected chi connectivity index (χ3v) is 5.98. The molecule has 0 aromatic heterocycles. The van der Waals surface area contributed by atoms with Gasteiger partial charge in [-0.2, -0.15) is 17.4 Å². The number of piperidine rings is 1. The Morgan fingerprint density at radius 3 is 2.20 bits per heavy atom. The van der Waals surface area contributed by atoms with Gasteiger partial charge in [0.15, 0.2) is 0 Å². The summed E-state index contributed by atoms with van der Waals surface area (Å²) in [4.78, 5) is 0. The van der Waals surface area contributed by atoms with Gasteiger partial charge in [0, 0.05) is 13.1 Å². The van der Waals surface area contributed by atoms with E-state index in [1.165, 1.54) is 10.7 Å². The molecule has 0 aromatic carbocycles. The van der Waals surface area contributed by atoms with E-state index >= 15 is 0 Å². The minimum atomic E-state index is -3.51. The Bertz CT molecular complexity index is 426. The van der Waals surface area contributed by atoms with E-state index in [0.29, 0.717) is 13.1 Å². The van der Waals surface area contributed by atoms with Crippen LogP contribution in [0.4, 0.5) is 0 Å². The highest BCUT2D eigenvalue weighted by Crippen LogP contribution is 2.27. The average molecular weight is 302 g/mol. The maximum absolute atomic E-state index is 12.4. The number of hydrogen-bond acceptors (Lipinski definition) is 3. The monoisotopic (exact) mass is 302 g/mol. The Morgan fingerprint density at radius 1 is 1.10 bits per heavy atom. The first kappa shape index (κ1) is 15.7. The summed E-state index contributed by atoms with van der Waals surface area (Å²) in [5.74, 6) is 0.110. The van der Waals surface area contributed by atoms with E-state index in [2.05, 4.69) is 4.72 Å². The maximum Gasteiger partial charge on any atom is 0.280 e. The Hall–Kier alpha value is -0.660. The highest BCUT2D eigenvalue weighted by molar-refractivity contribution is 7.87. The van der Waals surface area contributed by atoms with E-state index in [0.717, 1.165) is 44.9 Å². The smallest absolute Gasteiger partial charge is 0.280 e. The molecule has 1 aliphatic heterocycles. The van der Waals surface area contributed by atoms with Crippen LogP contribution in [-0.4, -0.2) is 37.7 Å². The number of nitrogens with zero attached hydrogens (tertiary/aromatic N) is 1. The molecule has 20 heavy (non-hydrogen) atoms. The fraction of sp³-hybridized carbons (Fsp3) is 0.923. The zero-order valence-corrected chi connectivity index (χ0v) is 12.8. The molecule has 0 aromatic rings. The summed E-state index contributed by atoms with van der Waals surface area (Å²) in [6, 6.07) is -0.540. The third kappa shape index (κ3) is 3.93. The lowest BCUT2D eigenvalue weighted by molar-refractivity contribution is 0.310. The zero-order valence-electron chi connectivity index (χ0n) is 12.0. The van der Waals surface area contributed by atoms with Crippen LogP contribution in [0.15, 0.2) is 0 Å². The molecular weight excluding hydrogens is 276 g/mol. The van der Waals surface area contributed by atoms with E-state index < -0.39 is 16.3 Å². The molecule has 6 nitrogen and oxygen atoms in total. The SMILES string of the molecule is N=C(N)C(NS(=O)(=O)N1CCCCC1)C1CCCCC1. The van der Waals surface area contributed by atoms with Gasteiger partial charge in [-0.25, -0.2) is 0 Å². The van der Waals surface area contributed by atoms with Crippen LogP contribution in [-0.2, 0) is 10.2 Å². The van der Waals surface area contributed by atoms with Gasteiger partial charge in [0.1, 0.15) is 5.84 Å². The van der Waals surface area contributed by atoms with E-state index in [1.54, 1.807) is 0 Å². The average Bonchev–Trinajstić information content (AvgIpc) is 2.46. The van der Waals surface area contributed by atoms with Gasteiger partial charge >= 0.3 is 0 Å². The van der Waals surface area contributed by atoms with Crippen LogP contribution in [0.1, 0.15) is 51.4 Å². The van der Waals surface area contributed by atoms with Crippen molar-refractivity contribution in [2.24, 2.45) is 11.7 Å². The van der Waals surface area contributed by atoms with E-state index in [1.807, 2.05) is 0 Å². The van der Waals surface area contributed by atoms with Crippen LogP contribution >= 0.6 is 0 Å². The van der Waals surface area contributed by atoms with Crippen molar-refractivity contribution in [3.05, 3.63) is 0 Å². The van der Waals surface area contributed by atoms with Crippen LogP contribution in [0, 0.1) is 11.3 Å². The lowest BCUT2D eigenvalue weighted by Gasteiger charge is -2.33. The minimum absolute atomic E-state index is 0.0579. The normalized spacial score (nSPS) is 24.4. The number of nitrogens with two attached hydrogens (primary N) is 1. The summed E-state index contributed by atoms with van der Waals surface area (Å²) in [7, 11) is -3.51. The van der Waals surface area contributed by atoms with E-state index in [4.69, 9.17) is 11.1 Å². The molecule has 0 spiro atoms. The molecule has 1 unspecified atom stereocenters. The second kappa shape index (κ2) is 6.87. The molecule has 1 heterocycles. The van der Waals surface area contributed by atoms with Crippen molar-refractivity contribution >= 4 is 16.0 Å². The zero-order chi connectivity index (χ0) is 14.6. The predicted molar refractivity (Wildman–Crippen MR) is 79.8 cm³/mol. The van der Waals surface area contributed by atoms with Crippen LogP contribution in [0.5, 0.6) is 0 Å².